The predicted octanol–water partition coefficient (Wildman–Crippen LogP) is 3.71. The number of carbonyl (C=O) groups excluding carboxylic acids is 1. The monoisotopic (exact) mass is 283 g/mol. The molecule has 0 amide bonds. The molecule has 0 unspecified atom stereocenters. The van der Waals surface area contributed by atoms with Crippen LogP contribution in [0.4, 0.5) is 11.4 Å². The Bertz CT molecular complexity index is 737. The van der Waals surface area contributed by atoms with Crippen molar-refractivity contribution in [3.8, 4) is 0 Å². The van der Waals surface area contributed by atoms with E-state index in [0.717, 1.165) is 0 Å². The number of hydrogen-bond donors (Lipinski definition) is 1. The van der Waals surface area contributed by atoms with E-state index < -0.39 is 0 Å². The number of Topliss-reactive ketones (excluding diaryl/α,β-unsaturated/α-hetero) is 1. The van der Waals surface area contributed by atoms with Gasteiger partial charge in [-0.3, -0.25) is 10.2 Å². The topological polar surface area (TPSA) is 53.8 Å². The van der Waals surface area contributed by atoms with Crippen molar-refractivity contribution >= 4 is 40.7 Å². The quantitative estimate of drug-likeness (QED) is 0.690. The number of nitrogens with one attached hydrogen (secondary N) is 1. The molecule has 1 aliphatic rings. The number of hydrazone groups is 1. The molecule has 5 heteroatoms. The van der Waals surface area contributed by atoms with Crippen molar-refractivity contribution in [2.45, 2.75) is 0 Å². The molecule has 4 nitrogen and oxygen atoms in total. The molecular weight excluding hydrogens is 274 g/mol. The second-order valence-corrected chi connectivity index (χ2v) is 4.60. The molecular formula is C15H10ClN3O. The summed E-state index contributed by atoms with van der Waals surface area (Å²) in [5.41, 5.74) is 5.06. The molecule has 0 bridgehead atoms. The Morgan fingerprint density at radius 2 is 1.85 bits per heavy atom. The highest BCUT2D eigenvalue weighted by Gasteiger charge is 2.22. The number of hydrogen-bond acceptors (Lipinski definition) is 4. The Balaban J connectivity index is 1.76. The molecule has 0 fully saturated rings. The van der Waals surface area contributed by atoms with Gasteiger partial charge in [0.05, 0.1) is 22.6 Å². The van der Waals surface area contributed by atoms with Crippen molar-refractivity contribution in [2.75, 3.05) is 5.43 Å². The molecule has 0 saturated heterocycles. The Kier molecular flexibility index (Phi) is 3.31. The molecule has 20 heavy (non-hydrogen) atoms. The fraction of sp³-hybridized carbons (Fsp3) is 0. The van der Waals surface area contributed by atoms with Gasteiger partial charge < -0.3 is 0 Å². The third-order valence-electron chi connectivity index (χ3n) is 2.87. The van der Waals surface area contributed by atoms with E-state index in [9.17, 15) is 4.79 Å². The molecule has 1 heterocycles. The Hall–Kier alpha value is -2.46. The number of nitrogens with zero attached hydrogens (tertiary/aromatic N) is 2. The number of rotatable bonds is 3. The van der Waals surface area contributed by atoms with Crippen LogP contribution in [0.1, 0.15) is 10.4 Å². The first-order valence-electron chi connectivity index (χ1n) is 6.02. The molecule has 0 aliphatic carbocycles. The fourth-order valence-electron chi connectivity index (χ4n) is 1.88. The highest BCUT2D eigenvalue weighted by Crippen LogP contribution is 2.25. The van der Waals surface area contributed by atoms with Gasteiger partial charge in [-0.25, -0.2) is 4.99 Å². The van der Waals surface area contributed by atoms with Gasteiger partial charge in [-0.2, -0.15) is 5.10 Å². The van der Waals surface area contributed by atoms with Crippen molar-refractivity contribution in [3.63, 3.8) is 0 Å². The smallest absolute Gasteiger partial charge is 0.215 e. The number of para-hydroxylation sites is 2. The van der Waals surface area contributed by atoms with Crippen molar-refractivity contribution in [1.82, 2.24) is 0 Å². The zero-order valence-corrected chi connectivity index (χ0v) is 11.1. The molecule has 0 saturated carbocycles. The van der Waals surface area contributed by atoms with Crippen LogP contribution in [0, 0.1) is 0 Å². The normalized spacial score (nSPS) is 13.4. The number of carbonyl (C=O) groups is 1. The van der Waals surface area contributed by atoms with Crippen LogP contribution in [0.3, 0.4) is 0 Å². The van der Waals surface area contributed by atoms with Gasteiger partial charge in [-0.15, -0.1) is 0 Å². The van der Waals surface area contributed by atoms with Crippen LogP contribution in [0.25, 0.3) is 0 Å². The van der Waals surface area contributed by atoms with Crippen LogP contribution >= 0.6 is 11.6 Å². The lowest BCUT2D eigenvalue weighted by molar-refractivity contribution is 0.107. The lowest BCUT2D eigenvalue weighted by Gasteiger charge is -2.01. The molecule has 1 N–H and O–H groups in total. The lowest BCUT2D eigenvalue weighted by Crippen LogP contribution is -2.11. The molecule has 0 spiro atoms. The minimum atomic E-state index is -0.120. The summed E-state index contributed by atoms with van der Waals surface area (Å²) in [6.45, 7) is 0. The fourth-order valence-corrected chi connectivity index (χ4v) is 2.06. The summed E-state index contributed by atoms with van der Waals surface area (Å²) < 4.78 is 0. The number of anilines is 1. The molecule has 0 aromatic heterocycles. The minimum absolute atomic E-state index is 0.120. The van der Waals surface area contributed by atoms with Crippen LogP contribution in [-0.2, 0) is 0 Å². The molecule has 0 atom stereocenters. The largest absolute Gasteiger partial charge is 0.287 e. The van der Waals surface area contributed by atoms with E-state index in [1.807, 2.05) is 24.3 Å². The van der Waals surface area contributed by atoms with E-state index in [0.29, 0.717) is 27.7 Å². The van der Waals surface area contributed by atoms with E-state index in [1.54, 1.807) is 24.3 Å². The lowest BCUT2D eigenvalue weighted by atomic mass is 10.1. The maximum Gasteiger partial charge on any atom is 0.215 e. The van der Waals surface area contributed by atoms with E-state index >= 15 is 0 Å². The summed E-state index contributed by atoms with van der Waals surface area (Å²) in [5, 5.41) is 4.57. The maximum absolute atomic E-state index is 12.0. The van der Waals surface area contributed by atoms with Crippen molar-refractivity contribution in [3.05, 3.63) is 59.1 Å². The minimum Gasteiger partial charge on any atom is -0.287 e. The highest BCUT2D eigenvalue weighted by atomic mass is 35.5. The van der Waals surface area contributed by atoms with Crippen molar-refractivity contribution in [2.24, 2.45) is 10.1 Å². The van der Waals surface area contributed by atoms with Gasteiger partial charge in [0.1, 0.15) is 5.71 Å². The third kappa shape index (κ3) is 2.33. The van der Waals surface area contributed by atoms with E-state index in [4.69, 9.17) is 11.6 Å². The van der Waals surface area contributed by atoms with Gasteiger partial charge in [-0.1, -0.05) is 35.9 Å². The van der Waals surface area contributed by atoms with Gasteiger partial charge in [0, 0.05) is 5.56 Å². The summed E-state index contributed by atoms with van der Waals surface area (Å²) in [4.78, 5) is 16.3. The number of aliphatic imine (C=N–C) groups is 1. The summed E-state index contributed by atoms with van der Waals surface area (Å²) >= 11 is 5.99. The summed E-state index contributed by atoms with van der Waals surface area (Å²) in [6, 6.07) is 14.4. The van der Waals surface area contributed by atoms with Gasteiger partial charge in [0.15, 0.2) is 0 Å². The number of ketones is 1. The van der Waals surface area contributed by atoms with Gasteiger partial charge >= 0.3 is 0 Å². The Morgan fingerprint density at radius 1 is 1.10 bits per heavy atom. The number of benzene rings is 2. The summed E-state index contributed by atoms with van der Waals surface area (Å²) in [7, 11) is 0. The second kappa shape index (κ2) is 5.27. The second-order valence-electron chi connectivity index (χ2n) is 4.19. The zero-order chi connectivity index (χ0) is 13.9. The maximum atomic E-state index is 12.0. The molecule has 0 radical (unpaired) electrons. The van der Waals surface area contributed by atoms with Gasteiger partial charge in [0.25, 0.3) is 0 Å². The standard InChI is InChI=1S/C15H10ClN3O/c16-11-6-2-4-8-13(11)19-17-9-14-15(20)10-5-1-3-7-12(10)18-14/h1-9,19H/b17-9+. The third-order valence-corrected chi connectivity index (χ3v) is 3.20. The van der Waals surface area contributed by atoms with Crippen molar-refractivity contribution < 1.29 is 4.79 Å². The molecule has 98 valence electrons. The molecule has 3 rings (SSSR count). The summed E-state index contributed by atoms with van der Waals surface area (Å²) in [6.07, 6.45) is 1.41. The SMILES string of the molecule is O=C1C(/C=N/Nc2ccccc2Cl)=Nc2ccccc21. The average Bonchev–Trinajstić information content (AvgIpc) is 2.78. The van der Waals surface area contributed by atoms with Gasteiger partial charge in [-0.05, 0) is 24.3 Å². The van der Waals surface area contributed by atoms with Crippen LogP contribution in [0.5, 0.6) is 0 Å². The van der Waals surface area contributed by atoms with E-state index in [-0.39, 0.29) is 5.78 Å². The average molecular weight is 284 g/mol. The highest BCUT2D eigenvalue weighted by molar-refractivity contribution is 6.67. The molecule has 2 aromatic carbocycles. The molecule has 2 aromatic rings. The Morgan fingerprint density at radius 3 is 2.65 bits per heavy atom. The van der Waals surface area contributed by atoms with Crippen LogP contribution < -0.4 is 5.43 Å². The van der Waals surface area contributed by atoms with E-state index in [1.165, 1.54) is 6.21 Å². The number of fused-ring (bicyclic) bond motifs is 1. The van der Waals surface area contributed by atoms with Crippen LogP contribution in [-0.4, -0.2) is 17.7 Å². The Labute approximate surface area is 120 Å². The van der Waals surface area contributed by atoms with Gasteiger partial charge in [0.2, 0.25) is 5.78 Å². The summed E-state index contributed by atoms with van der Waals surface area (Å²) in [5.74, 6) is -0.120. The van der Waals surface area contributed by atoms with Crippen LogP contribution in [0.2, 0.25) is 5.02 Å². The van der Waals surface area contributed by atoms with Crippen LogP contribution in [0.15, 0.2) is 58.6 Å². The number of halogens is 1. The first-order chi connectivity index (χ1) is 9.75. The molecule has 1 aliphatic heterocycles. The first-order valence-corrected chi connectivity index (χ1v) is 6.39. The predicted molar refractivity (Wildman–Crippen MR) is 81.4 cm³/mol. The zero-order valence-electron chi connectivity index (χ0n) is 10.4. The van der Waals surface area contributed by atoms with Crippen molar-refractivity contribution in [1.29, 1.82) is 0 Å². The first kappa shape index (κ1) is 12.6. The van der Waals surface area contributed by atoms with E-state index in [2.05, 4.69) is 15.5 Å².